The summed E-state index contributed by atoms with van der Waals surface area (Å²) in [6, 6.07) is 16.0. The fourth-order valence-electron chi connectivity index (χ4n) is 8.03. The van der Waals surface area contributed by atoms with Gasteiger partial charge in [-0.05, 0) is 69.3 Å². The number of hydrogen-bond acceptors (Lipinski definition) is 7. The Balaban J connectivity index is 1.07. The van der Waals surface area contributed by atoms with Gasteiger partial charge in [0.15, 0.2) is 0 Å². The van der Waals surface area contributed by atoms with Gasteiger partial charge in [0.1, 0.15) is 23.1 Å². The van der Waals surface area contributed by atoms with Gasteiger partial charge in [0, 0.05) is 44.5 Å². The second-order valence-electron chi connectivity index (χ2n) is 13.5. The first-order valence-electron chi connectivity index (χ1n) is 16.9. The van der Waals surface area contributed by atoms with Crippen molar-refractivity contribution >= 4 is 23.4 Å². The zero-order valence-electron chi connectivity index (χ0n) is 26.6. The molecule has 4 fully saturated rings. The molecule has 4 heterocycles. The zero-order valence-corrected chi connectivity index (χ0v) is 26.6. The summed E-state index contributed by atoms with van der Waals surface area (Å²) in [6.07, 6.45) is 9.24. The summed E-state index contributed by atoms with van der Waals surface area (Å²) in [5, 5.41) is 6.29. The Morgan fingerprint density at radius 1 is 0.913 bits per heavy atom. The molecule has 0 aromatic heterocycles. The first kappa shape index (κ1) is 30.9. The van der Waals surface area contributed by atoms with Crippen LogP contribution in [0.15, 0.2) is 66.7 Å². The van der Waals surface area contributed by atoms with Gasteiger partial charge in [-0.1, -0.05) is 49.6 Å². The summed E-state index contributed by atoms with van der Waals surface area (Å²) >= 11 is 0. The Hall–Kier alpha value is -3.73. The maximum atomic E-state index is 14.3. The zero-order chi connectivity index (χ0) is 31.7. The van der Waals surface area contributed by atoms with Gasteiger partial charge in [0.25, 0.3) is 0 Å². The van der Waals surface area contributed by atoms with E-state index in [9.17, 15) is 14.4 Å². The second kappa shape index (κ2) is 13.2. The quantitative estimate of drug-likeness (QED) is 0.388. The lowest BCUT2D eigenvalue weighted by Crippen LogP contribution is -2.56. The maximum Gasteiger partial charge on any atom is 0.246 e. The number of carbonyl (C=O) groups is 3. The van der Waals surface area contributed by atoms with Crippen molar-refractivity contribution in [2.75, 3.05) is 51.6 Å². The molecule has 5 aliphatic rings. The number of fused-ring (bicyclic) bond motifs is 1. The third-order valence-corrected chi connectivity index (χ3v) is 10.4. The van der Waals surface area contributed by atoms with E-state index >= 15 is 0 Å². The predicted octanol–water partition coefficient (Wildman–Crippen LogP) is 3.65. The molecular weight excluding hydrogens is 582 g/mol. The summed E-state index contributed by atoms with van der Waals surface area (Å²) in [7, 11) is 2.14. The molecule has 0 radical (unpaired) electrons. The van der Waals surface area contributed by atoms with E-state index in [4.69, 9.17) is 9.47 Å². The molecule has 3 saturated heterocycles. The Morgan fingerprint density at radius 2 is 1.63 bits per heavy atom. The molecule has 244 valence electrons. The van der Waals surface area contributed by atoms with Gasteiger partial charge in [-0.25, -0.2) is 0 Å². The summed E-state index contributed by atoms with van der Waals surface area (Å²) in [6.45, 7) is 5.36. The van der Waals surface area contributed by atoms with E-state index in [1.54, 1.807) is 29.2 Å². The van der Waals surface area contributed by atoms with Crippen molar-refractivity contribution in [1.82, 2.24) is 20.0 Å². The summed E-state index contributed by atoms with van der Waals surface area (Å²) in [5.74, 6) is -0.718. The summed E-state index contributed by atoms with van der Waals surface area (Å²) in [5.41, 5.74) is -0.545. The molecule has 1 aliphatic carbocycles. The number of benzene rings is 2. The van der Waals surface area contributed by atoms with Crippen LogP contribution < -0.4 is 15.4 Å². The summed E-state index contributed by atoms with van der Waals surface area (Å²) in [4.78, 5) is 48.7. The Labute approximate surface area is 271 Å². The number of rotatable bonds is 10. The Bertz CT molecular complexity index is 1440. The van der Waals surface area contributed by atoms with E-state index in [0.29, 0.717) is 18.0 Å². The minimum absolute atomic E-state index is 0.106. The number of amides is 3. The van der Waals surface area contributed by atoms with E-state index in [2.05, 4.69) is 27.5 Å². The van der Waals surface area contributed by atoms with Crippen LogP contribution in [0.2, 0.25) is 0 Å². The molecule has 1 spiro atoms. The molecular formula is C36H45N5O5. The number of carbonyl (C=O) groups excluding carboxylic acids is 3. The average Bonchev–Trinajstić information content (AvgIpc) is 3.71. The van der Waals surface area contributed by atoms with E-state index in [0.717, 1.165) is 70.6 Å². The van der Waals surface area contributed by atoms with Crippen molar-refractivity contribution in [2.45, 2.75) is 62.3 Å². The van der Waals surface area contributed by atoms with Crippen LogP contribution in [-0.2, 0) is 19.1 Å². The van der Waals surface area contributed by atoms with E-state index in [1.165, 1.54) is 6.42 Å². The molecule has 3 amide bonds. The van der Waals surface area contributed by atoms with E-state index in [-0.39, 0.29) is 23.8 Å². The highest BCUT2D eigenvalue weighted by Crippen LogP contribution is 2.55. The van der Waals surface area contributed by atoms with Crippen molar-refractivity contribution in [2.24, 2.45) is 11.8 Å². The van der Waals surface area contributed by atoms with Gasteiger partial charge >= 0.3 is 0 Å². The van der Waals surface area contributed by atoms with Crippen LogP contribution in [-0.4, -0.2) is 103 Å². The second-order valence-corrected chi connectivity index (χ2v) is 13.5. The molecule has 2 aromatic rings. The number of para-hydroxylation sites is 1. The Kier molecular flexibility index (Phi) is 8.85. The monoisotopic (exact) mass is 627 g/mol. The number of likely N-dealkylation sites (tertiary alicyclic amines) is 1. The predicted molar refractivity (Wildman–Crippen MR) is 174 cm³/mol. The number of piperazine rings is 1. The highest BCUT2D eigenvalue weighted by molar-refractivity contribution is 6.02. The van der Waals surface area contributed by atoms with E-state index < -0.39 is 29.6 Å². The van der Waals surface area contributed by atoms with Gasteiger partial charge in [-0.15, -0.1) is 0 Å². The van der Waals surface area contributed by atoms with Gasteiger partial charge in [-0.2, -0.15) is 0 Å². The molecule has 1 saturated carbocycles. The number of nitrogens with one attached hydrogen (secondary N) is 2. The van der Waals surface area contributed by atoms with Crippen molar-refractivity contribution in [3.63, 3.8) is 0 Å². The number of nitrogens with zero attached hydrogens (tertiary/aromatic N) is 3. The van der Waals surface area contributed by atoms with Crippen LogP contribution in [0.4, 0.5) is 5.69 Å². The SMILES string of the molecule is CN1CCN(CCCN2C(=O)[C@@H]3[C@@H](C(=O)Nc4ccc(Oc5ccccc5)cc4)[C@@H]4C=C[C@@]3(O4)[C@H]2C(=O)NC2CCCCC2)CC1. The highest BCUT2D eigenvalue weighted by Gasteiger charge is 2.72. The molecule has 5 atom stereocenters. The molecule has 2 bridgehead atoms. The normalized spacial score (nSPS) is 29.6. The van der Waals surface area contributed by atoms with Crippen LogP contribution in [0, 0.1) is 11.8 Å². The number of ether oxygens (including phenoxy) is 2. The van der Waals surface area contributed by atoms with Crippen molar-refractivity contribution in [1.29, 1.82) is 0 Å². The first-order chi connectivity index (χ1) is 22.4. The standard InChI is InChI=1S/C36H45N5O5/c1-39-21-23-40(24-22-39)19-8-20-41-32(34(43)38-25-9-4-2-5-10-25)36-18-17-29(46-36)30(31(36)35(41)44)33(42)37-26-13-15-28(16-14-26)45-27-11-6-3-7-12-27/h3,6-7,11-18,25,29-32H,2,4-5,8-10,19-24H2,1H3,(H,37,42)(H,38,43)/t29-,30-,31-,32+,36-/m0/s1. The highest BCUT2D eigenvalue weighted by atomic mass is 16.5. The van der Waals surface area contributed by atoms with Crippen LogP contribution in [0.25, 0.3) is 0 Å². The maximum absolute atomic E-state index is 14.3. The van der Waals surface area contributed by atoms with E-state index in [1.807, 2.05) is 42.5 Å². The van der Waals surface area contributed by atoms with Crippen molar-refractivity contribution in [3.8, 4) is 11.5 Å². The minimum Gasteiger partial charge on any atom is -0.457 e. The smallest absolute Gasteiger partial charge is 0.246 e. The van der Waals surface area contributed by atoms with Crippen LogP contribution in [0.5, 0.6) is 11.5 Å². The van der Waals surface area contributed by atoms with Gasteiger partial charge in [0.2, 0.25) is 17.7 Å². The topological polar surface area (TPSA) is 103 Å². The summed E-state index contributed by atoms with van der Waals surface area (Å²) < 4.78 is 12.4. The molecule has 7 rings (SSSR count). The van der Waals surface area contributed by atoms with Crippen molar-refractivity contribution < 1.29 is 23.9 Å². The molecule has 10 heteroatoms. The average molecular weight is 628 g/mol. The molecule has 10 nitrogen and oxygen atoms in total. The minimum atomic E-state index is -1.15. The van der Waals surface area contributed by atoms with Crippen LogP contribution in [0.1, 0.15) is 38.5 Å². The van der Waals surface area contributed by atoms with Gasteiger partial charge in [-0.3, -0.25) is 14.4 Å². The number of likely N-dealkylation sites (N-methyl/N-ethyl adjacent to an activating group) is 1. The number of hydrogen-bond donors (Lipinski definition) is 2. The first-order valence-corrected chi connectivity index (χ1v) is 16.9. The molecule has 0 unspecified atom stereocenters. The molecule has 4 aliphatic heterocycles. The van der Waals surface area contributed by atoms with Gasteiger partial charge in [0.05, 0.1) is 17.9 Å². The third kappa shape index (κ3) is 6.06. The lowest BCUT2D eigenvalue weighted by atomic mass is 9.74. The van der Waals surface area contributed by atoms with Crippen molar-refractivity contribution in [3.05, 3.63) is 66.7 Å². The molecule has 46 heavy (non-hydrogen) atoms. The lowest BCUT2D eigenvalue weighted by Gasteiger charge is -2.35. The Morgan fingerprint density at radius 3 is 2.37 bits per heavy atom. The molecule has 2 N–H and O–H groups in total. The lowest BCUT2D eigenvalue weighted by molar-refractivity contribution is -0.141. The fraction of sp³-hybridized carbons (Fsp3) is 0.528. The van der Waals surface area contributed by atoms with Gasteiger partial charge < -0.3 is 34.8 Å². The van der Waals surface area contributed by atoms with Crippen LogP contribution >= 0.6 is 0 Å². The molecule has 2 aromatic carbocycles. The third-order valence-electron chi connectivity index (χ3n) is 10.4. The largest absolute Gasteiger partial charge is 0.457 e. The van der Waals surface area contributed by atoms with Crippen LogP contribution in [0.3, 0.4) is 0 Å². The fourth-order valence-corrected chi connectivity index (χ4v) is 8.03. The number of anilines is 1.